The molecule has 1 rings (SSSR count). The van der Waals surface area contributed by atoms with E-state index < -0.39 is 0 Å². The highest BCUT2D eigenvalue weighted by molar-refractivity contribution is 4.82. The van der Waals surface area contributed by atoms with E-state index in [0.29, 0.717) is 12.1 Å². The van der Waals surface area contributed by atoms with Gasteiger partial charge in [0.15, 0.2) is 0 Å². The molecule has 21 heavy (non-hydrogen) atoms. The van der Waals surface area contributed by atoms with E-state index in [1.165, 1.54) is 70.6 Å². The zero-order valence-corrected chi connectivity index (χ0v) is 14.8. The number of rotatable bonds is 13. The van der Waals surface area contributed by atoms with Crippen LogP contribution in [0.4, 0.5) is 0 Å². The summed E-state index contributed by atoms with van der Waals surface area (Å²) in [5, 5.41) is 3.77. The van der Waals surface area contributed by atoms with Crippen molar-refractivity contribution in [2.45, 2.75) is 104 Å². The average molecular weight is 298 g/mol. The minimum Gasteiger partial charge on any atom is -0.378 e. The zero-order chi connectivity index (χ0) is 15.3. The van der Waals surface area contributed by atoms with E-state index in [0.717, 1.165) is 19.1 Å². The van der Waals surface area contributed by atoms with E-state index >= 15 is 0 Å². The Bertz CT molecular complexity index is 232. The Morgan fingerprint density at radius 1 is 0.952 bits per heavy atom. The molecule has 1 saturated heterocycles. The first-order valence-electron chi connectivity index (χ1n) is 9.62. The maximum atomic E-state index is 5.77. The molecule has 1 fully saturated rings. The Labute approximate surface area is 133 Å². The second-order valence-electron chi connectivity index (χ2n) is 6.96. The van der Waals surface area contributed by atoms with Crippen LogP contribution in [0.3, 0.4) is 0 Å². The third-order valence-corrected chi connectivity index (χ3v) is 4.82. The number of hydrogen-bond acceptors (Lipinski definition) is 2. The molecule has 2 nitrogen and oxygen atoms in total. The molecule has 1 N–H and O–H groups in total. The highest BCUT2D eigenvalue weighted by atomic mass is 16.5. The summed E-state index contributed by atoms with van der Waals surface area (Å²) in [6.07, 6.45) is 15.6. The van der Waals surface area contributed by atoms with Crippen LogP contribution in [-0.2, 0) is 4.74 Å². The van der Waals surface area contributed by atoms with Gasteiger partial charge in [-0.1, -0.05) is 65.2 Å². The highest BCUT2D eigenvalue weighted by Gasteiger charge is 2.28. The lowest BCUT2D eigenvalue weighted by molar-refractivity contribution is 0.116. The molecular formula is C19H39NO. The molecule has 0 aromatic carbocycles. The summed E-state index contributed by atoms with van der Waals surface area (Å²) in [5.41, 5.74) is 0. The van der Waals surface area contributed by atoms with Crippen molar-refractivity contribution in [3.8, 4) is 0 Å². The molecular weight excluding hydrogens is 258 g/mol. The van der Waals surface area contributed by atoms with Crippen molar-refractivity contribution in [2.75, 3.05) is 13.2 Å². The fraction of sp³-hybridized carbons (Fsp3) is 1.00. The molecule has 0 aromatic rings. The topological polar surface area (TPSA) is 21.3 Å². The summed E-state index contributed by atoms with van der Waals surface area (Å²) >= 11 is 0. The Kier molecular flexibility index (Phi) is 11.3. The quantitative estimate of drug-likeness (QED) is 0.465. The van der Waals surface area contributed by atoms with Gasteiger partial charge in [0.1, 0.15) is 0 Å². The predicted octanol–water partition coefficient (Wildman–Crippen LogP) is 5.31. The largest absolute Gasteiger partial charge is 0.378 e. The fourth-order valence-electron chi connectivity index (χ4n) is 3.46. The van der Waals surface area contributed by atoms with Crippen LogP contribution in [0.15, 0.2) is 0 Å². The summed E-state index contributed by atoms with van der Waals surface area (Å²) in [4.78, 5) is 0. The van der Waals surface area contributed by atoms with Gasteiger partial charge in [0.2, 0.25) is 0 Å². The maximum absolute atomic E-state index is 5.77. The minimum atomic E-state index is 0.472. The van der Waals surface area contributed by atoms with Crippen LogP contribution < -0.4 is 5.32 Å². The molecule has 0 spiro atoms. The van der Waals surface area contributed by atoms with Crippen LogP contribution in [0.2, 0.25) is 0 Å². The van der Waals surface area contributed by atoms with E-state index in [1.807, 2.05) is 0 Å². The first-order chi connectivity index (χ1) is 10.3. The SMILES string of the molecule is CCCCCCCCCCC(NCCC)C1COC(C)C1. The Morgan fingerprint density at radius 2 is 1.62 bits per heavy atom. The third kappa shape index (κ3) is 8.83. The van der Waals surface area contributed by atoms with Gasteiger partial charge in [0.25, 0.3) is 0 Å². The monoisotopic (exact) mass is 297 g/mol. The number of nitrogens with one attached hydrogen (secondary N) is 1. The predicted molar refractivity (Wildman–Crippen MR) is 92.8 cm³/mol. The molecule has 0 amide bonds. The number of hydrogen-bond donors (Lipinski definition) is 1. The molecule has 0 saturated carbocycles. The van der Waals surface area contributed by atoms with E-state index in [9.17, 15) is 0 Å². The number of ether oxygens (including phenoxy) is 1. The van der Waals surface area contributed by atoms with Crippen molar-refractivity contribution in [1.29, 1.82) is 0 Å². The summed E-state index contributed by atoms with van der Waals surface area (Å²) in [6.45, 7) is 8.89. The standard InChI is InChI=1S/C19H39NO/c1-4-6-7-8-9-10-11-12-13-19(20-14-5-2)18-15-17(3)21-16-18/h17-20H,4-16H2,1-3H3. The molecule has 3 unspecified atom stereocenters. The molecule has 1 aliphatic rings. The van der Waals surface area contributed by atoms with E-state index in [4.69, 9.17) is 4.74 Å². The molecule has 3 atom stereocenters. The highest BCUT2D eigenvalue weighted by Crippen LogP contribution is 2.25. The lowest BCUT2D eigenvalue weighted by atomic mass is 9.92. The van der Waals surface area contributed by atoms with Gasteiger partial charge in [-0.2, -0.15) is 0 Å². The average Bonchev–Trinajstić information content (AvgIpc) is 2.91. The molecule has 1 heterocycles. The first-order valence-corrected chi connectivity index (χ1v) is 9.62. The lowest BCUT2D eigenvalue weighted by Crippen LogP contribution is -2.37. The van der Waals surface area contributed by atoms with Crippen molar-refractivity contribution in [3.05, 3.63) is 0 Å². The minimum absolute atomic E-state index is 0.472. The van der Waals surface area contributed by atoms with Crippen molar-refractivity contribution in [1.82, 2.24) is 5.32 Å². The van der Waals surface area contributed by atoms with Crippen LogP contribution in [0.1, 0.15) is 91.4 Å². The summed E-state index contributed by atoms with van der Waals surface area (Å²) in [6, 6.07) is 0.690. The van der Waals surface area contributed by atoms with Gasteiger partial charge in [-0.25, -0.2) is 0 Å². The van der Waals surface area contributed by atoms with Crippen molar-refractivity contribution in [2.24, 2.45) is 5.92 Å². The van der Waals surface area contributed by atoms with Crippen LogP contribution in [-0.4, -0.2) is 25.3 Å². The van der Waals surface area contributed by atoms with Gasteiger partial charge < -0.3 is 10.1 Å². The van der Waals surface area contributed by atoms with Gasteiger partial charge in [0, 0.05) is 12.0 Å². The van der Waals surface area contributed by atoms with Crippen LogP contribution >= 0.6 is 0 Å². The van der Waals surface area contributed by atoms with E-state index in [2.05, 4.69) is 26.1 Å². The van der Waals surface area contributed by atoms with Gasteiger partial charge in [0.05, 0.1) is 12.7 Å². The molecule has 126 valence electrons. The van der Waals surface area contributed by atoms with Gasteiger partial charge in [-0.3, -0.25) is 0 Å². The Balaban J connectivity index is 2.09. The second-order valence-corrected chi connectivity index (χ2v) is 6.96. The van der Waals surface area contributed by atoms with Crippen molar-refractivity contribution in [3.63, 3.8) is 0 Å². The summed E-state index contributed by atoms with van der Waals surface area (Å²) < 4.78 is 5.77. The molecule has 0 aromatic heterocycles. The fourth-order valence-corrected chi connectivity index (χ4v) is 3.46. The van der Waals surface area contributed by atoms with Crippen LogP contribution in [0.5, 0.6) is 0 Å². The normalized spacial score (nSPS) is 23.6. The molecule has 0 bridgehead atoms. The van der Waals surface area contributed by atoms with E-state index in [-0.39, 0.29) is 0 Å². The molecule has 2 heteroatoms. The summed E-state index contributed by atoms with van der Waals surface area (Å²) in [5.74, 6) is 0.746. The van der Waals surface area contributed by atoms with Crippen LogP contribution in [0.25, 0.3) is 0 Å². The van der Waals surface area contributed by atoms with Crippen molar-refractivity contribution >= 4 is 0 Å². The lowest BCUT2D eigenvalue weighted by Gasteiger charge is -2.24. The molecule has 0 radical (unpaired) electrons. The third-order valence-electron chi connectivity index (χ3n) is 4.82. The van der Waals surface area contributed by atoms with Gasteiger partial charge >= 0.3 is 0 Å². The van der Waals surface area contributed by atoms with Crippen molar-refractivity contribution < 1.29 is 4.74 Å². The second kappa shape index (κ2) is 12.5. The summed E-state index contributed by atoms with van der Waals surface area (Å²) in [7, 11) is 0. The van der Waals surface area contributed by atoms with Gasteiger partial charge in [-0.05, 0) is 32.7 Å². The Morgan fingerprint density at radius 3 is 2.19 bits per heavy atom. The smallest absolute Gasteiger partial charge is 0.0551 e. The number of unbranched alkanes of at least 4 members (excludes halogenated alkanes) is 7. The van der Waals surface area contributed by atoms with E-state index in [1.54, 1.807) is 0 Å². The van der Waals surface area contributed by atoms with Gasteiger partial charge in [-0.15, -0.1) is 0 Å². The molecule has 0 aliphatic carbocycles. The first kappa shape index (κ1) is 19.0. The van der Waals surface area contributed by atoms with Crippen LogP contribution in [0, 0.1) is 5.92 Å². The zero-order valence-electron chi connectivity index (χ0n) is 14.8. The Hall–Kier alpha value is -0.0800. The maximum Gasteiger partial charge on any atom is 0.0551 e. The molecule has 1 aliphatic heterocycles.